The van der Waals surface area contributed by atoms with Gasteiger partial charge in [-0.1, -0.05) is 12.1 Å². The molecular formula is C17H21NO4. The largest absolute Gasteiger partial charge is 0.490 e. The molecule has 22 heavy (non-hydrogen) atoms. The van der Waals surface area contributed by atoms with Gasteiger partial charge in [-0.15, -0.1) is 0 Å². The van der Waals surface area contributed by atoms with Gasteiger partial charge in [-0.25, -0.2) is 4.79 Å². The molecule has 2 heterocycles. The Labute approximate surface area is 129 Å². The highest BCUT2D eigenvalue weighted by Crippen LogP contribution is 2.37. The van der Waals surface area contributed by atoms with E-state index in [9.17, 15) is 14.7 Å². The Morgan fingerprint density at radius 3 is 2.41 bits per heavy atom. The molecule has 118 valence electrons. The number of benzene rings is 1. The van der Waals surface area contributed by atoms with Crippen LogP contribution in [0.5, 0.6) is 5.75 Å². The van der Waals surface area contributed by atoms with Crippen LogP contribution in [-0.4, -0.2) is 40.1 Å². The summed E-state index contributed by atoms with van der Waals surface area (Å²) in [5.41, 5.74) is 1.55. The zero-order valence-corrected chi connectivity index (χ0v) is 12.9. The number of carboxylic acid groups (broad SMARTS) is 1. The average molecular weight is 303 g/mol. The predicted molar refractivity (Wildman–Crippen MR) is 81.5 cm³/mol. The van der Waals surface area contributed by atoms with E-state index in [1.165, 1.54) is 0 Å². The van der Waals surface area contributed by atoms with Crippen molar-refractivity contribution in [3.8, 4) is 5.75 Å². The van der Waals surface area contributed by atoms with Crippen molar-refractivity contribution in [2.45, 2.75) is 57.7 Å². The zero-order valence-electron chi connectivity index (χ0n) is 12.9. The van der Waals surface area contributed by atoms with Gasteiger partial charge in [-0.05, 0) is 32.8 Å². The summed E-state index contributed by atoms with van der Waals surface area (Å²) in [5.74, 6) is 0.768. The minimum absolute atomic E-state index is 0.0222. The second-order valence-electron chi connectivity index (χ2n) is 6.27. The van der Waals surface area contributed by atoms with E-state index in [2.05, 4.69) is 0 Å². The molecule has 0 saturated carbocycles. The first-order valence-electron chi connectivity index (χ1n) is 7.76. The molecular weight excluding hydrogens is 282 g/mol. The van der Waals surface area contributed by atoms with Crippen molar-refractivity contribution in [2.24, 2.45) is 0 Å². The SMILES string of the molecule is CC(=O)c1cccc(O[C@H]2C[C@H]3CC[C@@H](C2)N3C(=O)O)c1C. The lowest BCUT2D eigenvalue weighted by atomic mass is 9.99. The summed E-state index contributed by atoms with van der Waals surface area (Å²) >= 11 is 0. The van der Waals surface area contributed by atoms with Gasteiger partial charge < -0.3 is 14.7 Å². The highest BCUT2D eigenvalue weighted by molar-refractivity contribution is 5.96. The van der Waals surface area contributed by atoms with Crippen LogP contribution in [0.15, 0.2) is 18.2 Å². The number of ether oxygens (including phenoxy) is 1. The molecule has 2 saturated heterocycles. The van der Waals surface area contributed by atoms with Crippen LogP contribution in [-0.2, 0) is 0 Å². The van der Waals surface area contributed by atoms with E-state index < -0.39 is 6.09 Å². The third kappa shape index (κ3) is 2.56. The minimum Gasteiger partial charge on any atom is -0.490 e. The average Bonchev–Trinajstić information content (AvgIpc) is 2.73. The van der Waals surface area contributed by atoms with E-state index in [1.807, 2.05) is 19.1 Å². The van der Waals surface area contributed by atoms with Gasteiger partial charge in [-0.3, -0.25) is 4.79 Å². The van der Waals surface area contributed by atoms with Gasteiger partial charge in [0.2, 0.25) is 0 Å². The van der Waals surface area contributed by atoms with Crippen LogP contribution in [0.4, 0.5) is 4.79 Å². The van der Waals surface area contributed by atoms with Gasteiger partial charge in [0.15, 0.2) is 5.78 Å². The molecule has 0 aromatic heterocycles. The van der Waals surface area contributed by atoms with Gasteiger partial charge in [0.1, 0.15) is 11.9 Å². The second-order valence-corrected chi connectivity index (χ2v) is 6.27. The second kappa shape index (κ2) is 5.63. The Morgan fingerprint density at radius 2 is 1.86 bits per heavy atom. The summed E-state index contributed by atoms with van der Waals surface area (Å²) < 4.78 is 6.11. The molecule has 3 atom stereocenters. The highest BCUT2D eigenvalue weighted by Gasteiger charge is 2.44. The number of ketones is 1. The van der Waals surface area contributed by atoms with Gasteiger partial charge in [-0.2, -0.15) is 0 Å². The molecule has 5 nitrogen and oxygen atoms in total. The van der Waals surface area contributed by atoms with Crippen molar-refractivity contribution in [1.29, 1.82) is 0 Å². The third-order valence-electron chi connectivity index (χ3n) is 4.87. The summed E-state index contributed by atoms with van der Waals surface area (Å²) in [6.45, 7) is 3.45. The first-order chi connectivity index (χ1) is 10.5. The molecule has 1 N–H and O–H groups in total. The molecule has 0 spiro atoms. The normalized spacial score (nSPS) is 26.8. The summed E-state index contributed by atoms with van der Waals surface area (Å²) in [7, 11) is 0. The van der Waals surface area contributed by atoms with E-state index in [1.54, 1.807) is 17.9 Å². The molecule has 1 amide bonds. The van der Waals surface area contributed by atoms with E-state index >= 15 is 0 Å². The van der Waals surface area contributed by atoms with Crippen LogP contribution >= 0.6 is 0 Å². The smallest absolute Gasteiger partial charge is 0.407 e. The molecule has 2 fully saturated rings. The first kappa shape index (κ1) is 14.9. The summed E-state index contributed by atoms with van der Waals surface area (Å²) in [6.07, 6.45) is 2.50. The van der Waals surface area contributed by atoms with E-state index in [0.29, 0.717) is 5.56 Å². The Morgan fingerprint density at radius 1 is 1.23 bits per heavy atom. The lowest BCUT2D eigenvalue weighted by molar-refractivity contribution is 0.0492. The van der Waals surface area contributed by atoms with Crippen LogP contribution in [0.2, 0.25) is 0 Å². The molecule has 2 bridgehead atoms. The van der Waals surface area contributed by atoms with Gasteiger partial charge in [0.05, 0.1) is 0 Å². The molecule has 2 aliphatic rings. The number of amides is 1. The number of carbonyl (C=O) groups is 2. The number of hydrogen-bond acceptors (Lipinski definition) is 3. The minimum atomic E-state index is -0.819. The number of piperidine rings is 1. The number of rotatable bonds is 3. The first-order valence-corrected chi connectivity index (χ1v) is 7.76. The van der Waals surface area contributed by atoms with Crippen molar-refractivity contribution in [3.05, 3.63) is 29.3 Å². The molecule has 3 rings (SSSR count). The van der Waals surface area contributed by atoms with Crippen LogP contribution in [0.25, 0.3) is 0 Å². The lowest BCUT2D eigenvalue weighted by Crippen LogP contribution is -2.48. The van der Waals surface area contributed by atoms with Crippen molar-refractivity contribution in [1.82, 2.24) is 4.90 Å². The van der Waals surface area contributed by atoms with Gasteiger partial charge in [0.25, 0.3) is 0 Å². The monoisotopic (exact) mass is 303 g/mol. The molecule has 1 aromatic rings. The number of nitrogens with zero attached hydrogens (tertiary/aromatic N) is 1. The summed E-state index contributed by atoms with van der Waals surface area (Å²) in [4.78, 5) is 24.5. The quantitative estimate of drug-likeness (QED) is 0.870. The van der Waals surface area contributed by atoms with Crippen LogP contribution in [0.3, 0.4) is 0 Å². The Hall–Kier alpha value is -2.04. The fraction of sp³-hybridized carbons (Fsp3) is 0.529. The van der Waals surface area contributed by atoms with E-state index in [0.717, 1.165) is 37.0 Å². The Kier molecular flexibility index (Phi) is 3.81. The summed E-state index contributed by atoms with van der Waals surface area (Å²) in [6, 6.07) is 5.66. The van der Waals surface area contributed by atoms with Crippen LogP contribution < -0.4 is 4.74 Å². The van der Waals surface area contributed by atoms with Crippen molar-refractivity contribution < 1.29 is 19.4 Å². The summed E-state index contributed by atoms with van der Waals surface area (Å²) in [5, 5.41) is 9.28. The standard InChI is InChI=1S/C17H21NO4/c1-10-15(11(2)19)4-3-5-16(10)22-14-8-12-6-7-13(9-14)18(12)17(20)21/h3-5,12-14H,6-9H2,1-2H3,(H,20,21)/t12-,13+,14+. The Balaban J connectivity index is 1.75. The fourth-order valence-electron chi connectivity index (χ4n) is 3.84. The van der Waals surface area contributed by atoms with Crippen molar-refractivity contribution >= 4 is 11.9 Å². The number of carbonyl (C=O) groups excluding carboxylic acids is 1. The van der Waals surface area contributed by atoms with Crippen LogP contribution in [0, 0.1) is 6.92 Å². The van der Waals surface area contributed by atoms with Crippen molar-refractivity contribution in [3.63, 3.8) is 0 Å². The fourth-order valence-corrected chi connectivity index (χ4v) is 3.84. The highest BCUT2D eigenvalue weighted by atomic mass is 16.5. The third-order valence-corrected chi connectivity index (χ3v) is 4.87. The maximum absolute atomic E-state index is 11.6. The number of hydrogen-bond donors (Lipinski definition) is 1. The molecule has 0 radical (unpaired) electrons. The van der Waals surface area contributed by atoms with E-state index in [-0.39, 0.29) is 24.0 Å². The lowest BCUT2D eigenvalue weighted by Gasteiger charge is -2.37. The molecule has 0 unspecified atom stereocenters. The topological polar surface area (TPSA) is 66.8 Å². The molecule has 1 aromatic carbocycles. The van der Waals surface area contributed by atoms with Gasteiger partial charge in [0, 0.05) is 36.1 Å². The van der Waals surface area contributed by atoms with Crippen molar-refractivity contribution in [2.75, 3.05) is 0 Å². The predicted octanol–water partition coefficient (Wildman–Crippen LogP) is 3.25. The van der Waals surface area contributed by atoms with Crippen LogP contribution in [0.1, 0.15) is 48.5 Å². The molecule has 0 aliphatic carbocycles. The van der Waals surface area contributed by atoms with Gasteiger partial charge >= 0.3 is 6.09 Å². The van der Waals surface area contributed by atoms with E-state index in [4.69, 9.17) is 4.74 Å². The Bertz CT molecular complexity index is 599. The molecule has 5 heteroatoms. The zero-order chi connectivity index (χ0) is 15.9. The number of fused-ring (bicyclic) bond motifs is 2. The number of Topliss-reactive ketones (excluding diaryl/α,β-unsaturated/α-hetero) is 1. The molecule has 2 aliphatic heterocycles. The maximum Gasteiger partial charge on any atom is 0.407 e. The maximum atomic E-state index is 11.6.